The van der Waals surface area contributed by atoms with Gasteiger partial charge in [-0.15, -0.1) is 0 Å². The fourth-order valence-electron chi connectivity index (χ4n) is 2.39. The van der Waals surface area contributed by atoms with Gasteiger partial charge in [0.25, 0.3) is 0 Å². The van der Waals surface area contributed by atoms with E-state index in [1.165, 1.54) is 12.1 Å². The van der Waals surface area contributed by atoms with Gasteiger partial charge in [-0.25, -0.2) is 17.9 Å². The number of aromatic carboxylic acids is 1. The molecule has 1 aromatic rings. The van der Waals surface area contributed by atoms with Gasteiger partial charge >= 0.3 is 5.97 Å². The van der Waals surface area contributed by atoms with Gasteiger partial charge in [-0.2, -0.15) is 0 Å². The summed E-state index contributed by atoms with van der Waals surface area (Å²) in [5.74, 6) is -1.29. The number of sulfonamides is 1. The summed E-state index contributed by atoms with van der Waals surface area (Å²) < 4.78 is 27.3. The summed E-state index contributed by atoms with van der Waals surface area (Å²) in [6.45, 7) is 0.146. The van der Waals surface area contributed by atoms with Crippen molar-refractivity contribution < 1.29 is 23.4 Å². The zero-order valence-corrected chi connectivity index (χ0v) is 13.5. The van der Waals surface area contributed by atoms with Crippen LogP contribution < -0.4 is 4.72 Å². The van der Waals surface area contributed by atoms with E-state index in [0.29, 0.717) is 10.9 Å². The summed E-state index contributed by atoms with van der Waals surface area (Å²) in [7, 11) is -3.83. The van der Waals surface area contributed by atoms with Crippen LogP contribution in [0.25, 0.3) is 0 Å². The van der Waals surface area contributed by atoms with Crippen LogP contribution in [0.15, 0.2) is 27.6 Å². The summed E-state index contributed by atoms with van der Waals surface area (Å²) in [5.41, 5.74) is -0.0977. The van der Waals surface area contributed by atoms with Crippen LogP contribution in [0.1, 0.15) is 29.6 Å². The molecule has 0 amide bonds. The molecule has 0 aromatic heterocycles. The maximum atomic E-state index is 12.3. The highest BCUT2D eigenvalue weighted by atomic mass is 79.9. The number of aliphatic hydroxyl groups excluding tert-OH is 1. The second-order valence-corrected chi connectivity index (χ2v) is 7.65. The Balaban J connectivity index is 2.19. The minimum atomic E-state index is -3.83. The molecule has 0 bridgehead atoms. The summed E-state index contributed by atoms with van der Waals surface area (Å²) in [6.07, 6.45) is 1.86. The molecule has 2 atom stereocenters. The number of nitrogens with one attached hydrogen (secondary N) is 1. The molecular weight excluding hydrogens is 362 g/mol. The van der Waals surface area contributed by atoms with Gasteiger partial charge in [-0.1, -0.05) is 6.42 Å². The van der Waals surface area contributed by atoms with Crippen molar-refractivity contribution in [3.63, 3.8) is 0 Å². The van der Waals surface area contributed by atoms with Crippen molar-refractivity contribution in [2.24, 2.45) is 5.92 Å². The summed E-state index contributed by atoms with van der Waals surface area (Å²) in [4.78, 5) is 10.8. The maximum absolute atomic E-state index is 12.3. The van der Waals surface area contributed by atoms with Crippen molar-refractivity contribution in [1.29, 1.82) is 0 Å². The van der Waals surface area contributed by atoms with Crippen LogP contribution in [0.5, 0.6) is 0 Å². The number of carbonyl (C=O) groups is 1. The molecule has 1 saturated carbocycles. The molecular formula is C13H16BrNO5S. The van der Waals surface area contributed by atoms with E-state index in [4.69, 9.17) is 5.11 Å². The van der Waals surface area contributed by atoms with E-state index in [9.17, 15) is 18.3 Å². The van der Waals surface area contributed by atoms with E-state index < -0.39 is 22.1 Å². The van der Waals surface area contributed by atoms with Crippen LogP contribution in [0.3, 0.4) is 0 Å². The summed E-state index contributed by atoms with van der Waals surface area (Å²) >= 11 is 3.12. The normalized spacial score (nSPS) is 22.4. The number of carboxylic acids is 1. The molecule has 0 aliphatic heterocycles. The second-order valence-electron chi connectivity index (χ2n) is 5.06. The third-order valence-corrected chi connectivity index (χ3v) is 6.04. The molecule has 116 valence electrons. The Labute approximate surface area is 131 Å². The highest BCUT2D eigenvalue weighted by Gasteiger charge is 2.27. The number of hydrogen-bond donors (Lipinski definition) is 3. The van der Waals surface area contributed by atoms with Gasteiger partial charge in [0.1, 0.15) is 0 Å². The number of hydrogen-bond acceptors (Lipinski definition) is 4. The monoisotopic (exact) mass is 377 g/mol. The van der Waals surface area contributed by atoms with Crippen molar-refractivity contribution in [2.75, 3.05) is 6.54 Å². The molecule has 0 saturated heterocycles. The lowest BCUT2D eigenvalue weighted by molar-refractivity contribution is 0.0696. The molecule has 1 aliphatic rings. The minimum Gasteiger partial charge on any atom is -0.478 e. The fourth-order valence-corrected chi connectivity index (χ4v) is 4.47. The number of carboxylic acid groups (broad SMARTS) is 1. The Morgan fingerprint density at radius 2 is 2.10 bits per heavy atom. The molecule has 6 nitrogen and oxygen atoms in total. The third-order valence-electron chi connectivity index (χ3n) is 3.62. The maximum Gasteiger partial charge on any atom is 0.335 e. The van der Waals surface area contributed by atoms with Gasteiger partial charge < -0.3 is 10.2 Å². The molecule has 0 heterocycles. The Morgan fingerprint density at radius 1 is 1.38 bits per heavy atom. The number of halogens is 1. The van der Waals surface area contributed by atoms with E-state index in [2.05, 4.69) is 20.7 Å². The van der Waals surface area contributed by atoms with Gasteiger partial charge in [0.2, 0.25) is 10.0 Å². The lowest BCUT2D eigenvalue weighted by Gasteiger charge is -2.16. The topological polar surface area (TPSA) is 104 Å². The highest BCUT2D eigenvalue weighted by Crippen LogP contribution is 2.27. The van der Waals surface area contributed by atoms with E-state index in [0.717, 1.165) is 18.9 Å². The molecule has 0 spiro atoms. The molecule has 0 radical (unpaired) electrons. The van der Waals surface area contributed by atoms with Crippen LogP contribution in [-0.4, -0.2) is 37.2 Å². The average Bonchev–Trinajstić information content (AvgIpc) is 2.82. The van der Waals surface area contributed by atoms with Gasteiger partial charge in [0, 0.05) is 11.0 Å². The summed E-state index contributed by atoms with van der Waals surface area (Å²) in [5, 5.41) is 18.6. The Morgan fingerprint density at radius 3 is 2.67 bits per heavy atom. The van der Waals surface area contributed by atoms with Crippen molar-refractivity contribution >= 4 is 31.9 Å². The van der Waals surface area contributed by atoms with E-state index in [1.807, 2.05) is 0 Å². The Kier molecular flexibility index (Phi) is 5.03. The van der Waals surface area contributed by atoms with Crippen molar-refractivity contribution in [2.45, 2.75) is 30.3 Å². The van der Waals surface area contributed by atoms with Gasteiger partial charge in [-0.05, 0) is 52.9 Å². The zero-order chi connectivity index (χ0) is 15.6. The molecule has 1 aromatic carbocycles. The van der Waals surface area contributed by atoms with E-state index in [1.54, 1.807) is 0 Å². The zero-order valence-electron chi connectivity index (χ0n) is 11.1. The standard InChI is InChI=1S/C13H16BrNO5S/c14-10-5-4-8(13(17)18)6-12(10)21(19,20)15-7-9-2-1-3-11(9)16/h4-6,9,11,15-16H,1-3,7H2,(H,17,18). The van der Waals surface area contributed by atoms with Crippen molar-refractivity contribution in [3.8, 4) is 0 Å². The first kappa shape index (κ1) is 16.4. The van der Waals surface area contributed by atoms with Crippen LogP contribution in [0.4, 0.5) is 0 Å². The Bertz CT molecular complexity index is 646. The first-order chi connectivity index (χ1) is 9.81. The summed E-state index contributed by atoms with van der Waals surface area (Å²) in [6, 6.07) is 3.83. The number of rotatable bonds is 5. The third kappa shape index (κ3) is 3.82. The predicted molar refractivity (Wildman–Crippen MR) is 79.6 cm³/mol. The molecule has 8 heteroatoms. The molecule has 3 N–H and O–H groups in total. The SMILES string of the molecule is O=C(O)c1ccc(Br)c(S(=O)(=O)NCC2CCCC2O)c1. The Hall–Kier alpha value is -0.960. The van der Waals surface area contributed by atoms with E-state index >= 15 is 0 Å². The minimum absolute atomic E-state index is 0.0961. The average molecular weight is 378 g/mol. The van der Waals surface area contributed by atoms with Gasteiger partial charge in [0.05, 0.1) is 16.6 Å². The fraction of sp³-hybridized carbons (Fsp3) is 0.462. The first-order valence-corrected chi connectivity index (χ1v) is 8.79. The van der Waals surface area contributed by atoms with Crippen molar-refractivity contribution in [1.82, 2.24) is 4.72 Å². The van der Waals surface area contributed by atoms with Crippen molar-refractivity contribution in [3.05, 3.63) is 28.2 Å². The van der Waals surface area contributed by atoms with Crippen LogP contribution in [-0.2, 0) is 10.0 Å². The lowest BCUT2D eigenvalue weighted by Crippen LogP contribution is -2.32. The molecule has 21 heavy (non-hydrogen) atoms. The highest BCUT2D eigenvalue weighted by molar-refractivity contribution is 9.10. The second kappa shape index (κ2) is 6.43. The number of aliphatic hydroxyl groups is 1. The first-order valence-electron chi connectivity index (χ1n) is 6.52. The quantitative estimate of drug-likeness (QED) is 0.722. The molecule has 1 aliphatic carbocycles. The lowest BCUT2D eigenvalue weighted by atomic mass is 10.1. The van der Waals surface area contributed by atoms with Gasteiger partial charge in [0.15, 0.2) is 0 Å². The molecule has 1 fully saturated rings. The molecule has 2 unspecified atom stereocenters. The smallest absolute Gasteiger partial charge is 0.335 e. The van der Waals surface area contributed by atoms with Crippen LogP contribution in [0, 0.1) is 5.92 Å². The predicted octanol–water partition coefficient (Wildman–Crippen LogP) is 1.59. The number of benzene rings is 1. The largest absolute Gasteiger partial charge is 0.478 e. The van der Waals surface area contributed by atoms with Crippen LogP contribution in [0.2, 0.25) is 0 Å². The van der Waals surface area contributed by atoms with Gasteiger partial charge in [-0.3, -0.25) is 0 Å². The van der Waals surface area contributed by atoms with E-state index in [-0.39, 0.29) is 22.9 Å². The van der Waals surface area contributed by atoms with Crippen LogP contribution >= 0.6 is 15.9 Å². The molecule has 2 rings (SSSR count).